The normalized spacial score (nSPS) is 11.6. The highest BCUT2D eigenvalue weighted by Crippen LogP contribution is 2.36. The van der Waals surface area contributed by atoms with Crippen LogP contribution >= 0.6 is 11.6 Å². The van der Waals surface area contributed by atoms with Crippen LogP contribution in [0.4, 0.5) is 0 Å². The van der Waals surface area contributed by atoms with Crippen LogP contribution in [0, 0.1) is 13.8 Å². The summed E-state index contributed by atoms with van der Waals surface area (Å²) in [6, 6.07) is 15.7. The maximum Gasteiger partial charge on any atom is 0.339 e. The zero-order valence-electron chi connectivity index (χ0n) is 12.7. The lowest BCUT2D eigenvalue weighted by Gasteiger charge is -2.13. The highest BCUT2D eigenvalue weighted by atomic mass is 35.5. The molecule has 5 heteroatoms. The molecule has 0 heterocycles. The van der Waals surface area contributed by atoms with Crippen molar-refractivity contribution in [2.45, 2.75) is 18.7 Å². The van der Waals surface area contributed by atoms with Crippen molar-refractivity contribution >= 4 is 32.5 Å². The van der Waals surface area contributed by atoms with Crippen LogP contribution in [0.3, 0.4) is 0 Å². The third-order valence-electron chi connectivity index (χ3n) is 3.69. The zero-order valence-corrected chi connectivity index (χ0v) is 14.3. The van der Waals surface area contributed by atoms with E-state index in [0.29, 0.717) is 16.0 Å². The molecule has 0 unspecified atom stereocenters. The predicted octanol–water partition coefficient (Wildman–Crippen LogP) is 4.88. The van der Waals surface area contributed by atoms with Gasteiger partial charge >= 0.3 is 10.1 Å². The molecule has 118 valence electrons. The van der Waals surface area contributed by atoms with E-state index in [4.69, 9.17) is 15.8 Å². The molecule has 3 nitrogen and oxygen atoms in total. The van der Waals surface area contributed by atoms with Crippen LogP contribution in [0.1, 0.15) is 11.1 Å². The molecular formula is C18H15ClO3S. The standard InChI is InChI=1S/C18H15ClO3S/c1-12-7-9-15(10-8-12)23(20,21)22-18-13(2)17(19)11-14-5-3-4-6-16(14)18/h3-11H,1-2H3. The summed E-state index contributed by atoms with van der Waals surface area (Å²) in [6.45, 7) is 3.64. The van der Waals surface area contributed by atoms with E-state index in [2.05, 4.69) is 0 Å². The van der Waals surface area contributed by atoms with Crippen LogP contribution in [-0.2, 0) is 10.1 Å². The fraction of sp³-hybridized carbons (Fsp3) is 0.111. The quantitative estimate of drug-likeness (QED) is 0.635. The number of fused-ring (bicyclic) bond motifs is 1. The second-order valence-corrected chi connectivity index (χ2v) is 7.34. The van der Waals surface area contributed by atoms with Gasteiger partial charge in [-0.05, 0) is 37.4 Å². The van der Waals surface area contributed by atoms with Gasteiger partial charge < -0.3 is 4.18 Å². The van der Waals surface area contributed by atoms with Crippen molar-refractivity contribution in [3.8, 4) is 5.75 Å². The molecule has 0 bridgehead atoms. The first kappa shape index (κ1) is 15.8. The van der Waals surface area contributed by atoms with Gasteiger partial charge in [-0.1, -0.05) is 53.6 Å². The number of benzene rings is 3. The fourth-order valence-electron chi connectivity index (χ4n) is 2.36. The van der Waals surface area contributed by atoms with Crippen molar-refractivity contribution in [1.29, 1.82) is 0 Å². The van der Waals surface area contributed by atoms with E-state index in [-0.39, 0.29) is 10.6 Å². The molecule has 3 aromatic carbocycles. The van der Waals surface area contributed by atoms with E-state index in [1.807, 2.05) is 31.2 Å². The second-order valence-electron chi connectivity index (χ2n) is 5.38. The van der Waals surface area contributed by atoms with Crippen molar-refractivity contribution < 1.29 is 12.6 Å². The Morgan fingerprint density at radius 3 is 2.30 bits per heavy atom. The Morgan fingerprint density at radius 2 is 1.61 bits per heavy atom. The SMILES string of the molecule is Cc1ccc(S(=O)(=O)Oc2c(C)c(Cl)cc3ccccc23)cc1. The maximum absolute atomic E-state index is 12.6. The largest absolute Gasteiger partial charge is 0.378 e. The minimum absolute atomic E-state index is 0.117. The summed E-state index contributed by atoms with van der Waals surface area (Å²) in [5.74, 6) is 0.272. The number of rotatable bonds is 3. The van der Waals surface area contributed by atoms with E-state index in [1.54, 1.807) is 25.1 Å². The molecule has 0 amide bonds. The predicted molar refractivity (Wildman–Crippen MR) is 92.7 cm³/mol. The minimum atomic E-state index is -3.92. The Hall–Kier alpha value is -2.04. The first-order valence-corrected chi connectivity index (χ1v) is 8.86. The van der Waals surface area contributed by atoms with Crippen molar-refractivity contribution in [2.24, 2.45) is 0 Å². The topological polar surface area (TPSA) is 43.4 Å². The highest BCUT2D eigenvalue weighted by Gasteiger charge is 2.20. The molecule has 0 aliphatic heterocycles. The van der Waals surface area contributed by atoms with Crippen LogP contribution in [0.25, 0.3) is 10.8 Å². The third-order valence-corrected chi connectivity index (χ3v) is 5.32. The molecule has 0 saturated heterocycles. The Bertz CT molecular complexity index is 977. The number of hydrogen-bond donors (Lipinski definition) is 0. The Labute approximate surface area is 140 Å². The van der Waals surface area contributed by atoms with Gasteiger partial charge in [-0.2, -0.15) is 8.42 Å². The lowest BCUT2D eigenvalue weighted by atomic mass is 10.1. The molecular weight excluding hydrogens is 332 g/mol. The smallest absolute Gasteiger partial charge is 0.339 e. The molecule has 0 atom stereocenters. The molecule has 0 saturated carbocycles. The van der Waals surface area contributed by atoms with Crippen molar-refractivity contribution in [2.75, 3.05) is 0 Å². The number of halogens is 1. The Morgan fingerprint density at radius 1 is 0.957 bits per heavy atom. The van der Waals surface area contributed by atoms with E-state index < -0.39 is 10.1 Å². The lowest BCUT2D eigenvalue weighted by molar-refractivity contribution is 0.487. The Balaban J connectivity index is 2.14. The van der Waals surface area contributed by atoms with E-state index >= 15 is 0 Å². The van der Waals surface area contributed by atoms with Gasteiger partial charge in [-0.25, -0.2) is 0 Å². The molecule has 0 fully saturated rings. The molecule has 0 aliphatic carbocycles. The van der Waals surface area contributed by atoms with Gasteiger partial charge in [0.15, 0.2) is 5.75 Å². The number of aryl methyl sites for hydroxylation is 1. The van der Waals surface area contributed by atoms with E-state index in [9.17, 15) is 8.42 Å². The van der Waals surface area contributed by atoms with Gasteiger partial charge in [0.2, 0.25) is 0 Å². The van der Waals surface area contributed by atoms with Crippen LogP contribution in [0.2, 0.25) is 5.02 Å². The third kappa shape index (κ3) is 3.05. The van der Waals surface area contributed by atoms with Gasteiger partial charge in [0.05, 0.1) is 0 Å². The molecule has 0 spiro atoms. The van der Waals surface area contributed by atoms with Crippen molar-refractivity contribution in [3.63, 3.8) is 0 Å². The van der Waals surface area contributed by atoms with Gasteiger partial charge in [-0.15, -0.1) is 0 Å². The molecule has 0 aromatic heterocycles. The molecule has 0 N–H and O–H groups in total. The van der Waals surface area contributed by atoms with Gasteiger partial charge in [0.1, 0.15) is 4.90 Å². The van der Waals surface area contributed by atoms with Crippen molar-refractivity contribution in [1.82, 2.24) is 0 Å². The zero-order chi connectivity index (χ0) is 16.6. The molecule has 23 heavy (non-hydrogen) atoms. The van der Waals surface area contributed by atoms with Crippen LogP contribution < -0.4 is 4.18 Å². The van der Waals surface area contributed by atoms with Gasteiger partial charge in [-0.3, -0.25) is 0 Å². The lowest BCUT2D eigenvalue weighted by Crippen LogP contribution is -2.11. The average Bonchev–Trinajstić information content (AvgIpc) is 2.52. The second kappa shape index (κ2) is 5.87. The summed E-state index contributed by atoms with van der Waals surface area (Å²) in [6.07, 6.45) is 0. The summed E-state index contributed by atoms with van der Waals surface area (Å²) in [4.78, 5) is 0.117. The van der Waals surface area contributed by atoms with Crippen molar-refractivity contribution in [3.05, 3.63) is 70.7 Å². The van der Waals surface area contributed by atoms with E-state index in [0.717, 1.165) is 10.9 Å². The summed E-state index contributed by atoms with van der Waals surface area (Å²) in [5, 5.41) is 2.01. The highest BCUT2D eigenvalue weighted by molar-refractivity contribution is 7.87. The summed E-state index contributed by atoms with van der Waals surface area (Å²) < 4.78 is 30.5. The summed E-state index contributed by atoms with van der Waals surface area (Å²) >= 11 is 6.21. The molecule has 0 aliphatic rings. The average molecular weight is 347 g/mol. The summed E-state index contributed by atoms with van der Waals surface area (Å²) in [5.41, 5.74) is 1.58. The Kier molecular flexibility index (Phi) is 4.04. The van der Waals surface area contributed by atoms with Crippen LogP contribution in [0.15, 0.2) is 59.5 Å². The monoisotopic (exact) mass is 346 g/mol. The molecule has 0 radical (unpaired) electrons. The van der Waals surface area contributed by atoms with E-state index in [1.165, 1.54) is 12.1 Å². The molecule has 3 rings (SSSR count). The van der Waals surface area contributed by atoms with Crippen LogP contribution in [-0.4, -0.2) is 8.42 Å². The fourth-order valence-corrected chi connectivity index (χ4v) is 3.56. The first-order chi connectivity index (χ1) is 10.9. The first-order valence-electron chi connectivity index (χ1n) is 7.07. The number of hydrogen-bond acceptors (Lipinski definition) is 3. The minimum Gasteiger partial charge on any atom is -0.378 e. The van der Waals surface area contributed by atoms with Crippen LogP contribution in [0.5, 0.6) is 5.75 Å². The van der Waals surface area contributed by atoms with Gasteiger partial charge in [0, 0.05) is 16.0 Å². The molecule has 3 aromatic rings. The maximum atomic E-state index is 12.6. The van der Waals surface area contributed by atoms with Gasteiger partial charge in [0.25, 0.3) is 0 Å². The summed E-state index contributed by atoms with van der Waals surface area (Å²) in [7, 11) is -3.92.